The summed E-state index contributed by atoms with van der Waals surface area (Å²) >= 11 is 24.7. The average molecular weight is 533 g/mol. The first-order chi connectivity index (χ1) is 15.6. The van der Waals surface area contributed by atoms with Crippen LogP contribution < -0.4 is 0 Å². The second kappa shape index (κ2) is 9.43. The zero-order valence-corrected chi connectivity index (χ0v) is 19.4. The van der Waals surface area contributed by atoms with Crippen LogP contribution in [-0.2, 0) is 17.6 Å². The topological polar surface area (TPSA) is 38.9 Å². The third-order valence-electron chi connectivity index (χ3n) is 4.62. The van der Waals surface area contributed by atoms with Gasteiger partial charge in [-0.05, 0) is 35.9 Å². The lowest BCUT2D eigenvalue weighted by Crippen LogP contribution is -2.07. The fourth-order valence-corrected chi connectivity index (χ4v) is 4.10. The van der Waals surface area contributed by atoms with E-state index in [9.17, 15) is 13.2 Å². The molecular weight excluding hydrogens is 521 g/mol. The number of alkyl halides is 3. The van der Waals surface area contributed by atoms with E-state index in [4.69, 9.17) is 51.2 Å². The van der Waals surface area contributed by atoms with Crippen LogP contribution in [0, 0.1) is 0 Å². The minimum absolute atomic E-state index is 0.0766. The highest BCUT2D eigenvalue weighted by molar-refractivity contribution is 6.39. The molecule has 0 amide bonds. The summed E-state index contributed by atoms with van der Waals surface area (Å²) in [5.74, 6) is 0.0766. The summed E-state index contributed by atoms with van der Waals surface area (Å²) in [5.41, 5.74) is 0.491. The Morgan fingerprint density at radius 2 is 1.64 bits per heavy atom. The van der Waals surface area contributed by atoms with Gasteiger partial charge in [-0.2, -0.15) is 13.2 Å². The first kappa shape index (κ1) is 23.7. The van der Waals surface area contributed by atoms with Crippen molar-refractivity contribution in [2.24, 2.45) is 5.16 Å². The number of rotatable bonds is 5. The van der Waals surface area contributed by atoms with Crippen molar-refractivity contribution in [3.63, 3.8) is 0 Å². The van der Waals surface area contributed by atoms with Gasteiger partial charge in [0, 0.05) is 11.2 Å². The Morgan fingerprint density at radius 1 is 0.970 bits per heavy atom. The Labute approximate surface area is 206 Å². The zero-order chi connectivity index (χ0) is 23.8. The van der Waals surface area contributed by atoms with Crippen LogP contribution in [0.2, 0.25) is 20.1 Å². The van der Waals surface area contributed by atoms with Crippen molar-refractivity contribution in [2.45, 2.75) is 12.8 Å². The van der Waals surface area contributed by atoms with Gasteiger partial charge in [-0.25, -0.2) is 4.98 Å². The molecule has 0 unspecified atom stereocenters. The monoisotopic (exact) mass is 531 g/mol. The number of hydrogen-bond donors (Lipinski definition) is 0. The SMILES string of the molecule is FC(F)(F)c1cc(Cl)c2c(/C=N/OCc3ccc(Cl)cc3)nc(-c3c(Cl)cccc3Cl)n2c1. The van der Waals surface area contributed by atoms with Crippen molar-refractivity contribution in [3.8, 4) is 11.4 Å². The van der Waals surface area contributed by atoms with Crippen molar-refractivity contribution in [1.29, 1.82) is 0 Å². The lowest BCUT2D eigenvalue weighted by Gasteiger charge is -2.11. The summed E-state index contributed by atoms with van der Waals surface area (Å²) in [6.45, 7) is 0.147. The molecule has 0 saturated carbocycles. The predicted molar refractivity (Wildman–Crippen MR) is 124 cm³/mol. The van der Waals surface area contributed by atoms with E-state index in [2.05, 4.69) is 10.1 Å². The summed E-state index contributed by atoms with van der Waals surface area (Å²) in [6.07, 6.45) is -2.48. The summed E-state index contributed by atoms with van der Waals surface area (Å²) in [4.78, 5) is 9.71. The molecule has 33 heavy (non-hydrogen) atoms. The molecule has 4 nitrogen and oxygen atoms in total. The Morgan fingerprint density at radius 3 is 2.27 bits per heavy atom. The van der Waals surface area contributed by atoms with Crippen LogP contribution >= 0.6 is 46.4 Å². The maximum atomic E-state index is 13.4. The Hall–Kier alpha value is -2.45. The Kier molecular flexibility index (Phi) is 6.77. The zero-order valence-electron chi connectivity index (χ0n) is 16.4. The van der Waals surface area contributed by atoms with Gasteiger partial charge in [0.2, 0.25) is 0 Å². The molecular formula is C22H12Cl4F3N3O. The molecule has 4 rings (SSSR count). The number of oxime groups is 1. The van der Waals surface area contributed by atoms with Gasteiger partial charge in [0.05, 0.1) is 37.9 Å². The van der Waals surface area contributed by atoms with Gasteiger partial charge in [-0.1, -0.05) is 69.8 Å². The minimum atomic E-state index is -4.63. The average Bonchev–Trinajstić information content (AvgIpc) is 3.11. The van der Waals surface area contributed by atoms with Crippen LogP contribution in [-0.4, -0.2) is 15.6 Å². The molecule has 0 N–H and O–H groups in total. The molecule has 0 saturated heterocycles. The third kappa shape index (κ3) is 5.06. The van der Waals surface area contributed by atoms with Crippen molar-refractivity contribution in [1.82, 2.24) is 9.38 Å². The van der Waals surface area contributed by atoms with E-state index in [0.29, 0.717) is 5.02 Å². The maximum Gasteiger partial charge on any atom is 0.417 e. The van der Waals surface area contributed by atoms with Crippen LogP contribution in [0.3, 0.4) is 0 Å². The number of hydrogen-bond acceptors (Lipinski definition) is 3. The van der Waals surface area contributed by atoms with Crippen LogP contribution in [0.1, 0.15) is 16.8 Å². The fourth-order valence-electron chi connectivity index (χ4n) is 3.11. The van der Waals surface area contributed by atoms with Gasteiger partial charge in [0.1, 0.15) is 18.1 Å². The minimum Gasteiger partial charge on any atom is -0.391 e. The smallest absolute Gasteiger partial charge is 0.391 e. The molecule has 11 heteroatoms. The van der Waals surface area contributed by atoms with E-state index in [0.717, 1.165) is 17.8 Å². The van der Waals surface area contributed by atoms with E-state index in [1.165, 1.54) is 10.6 Å². The maximum absolute atomic E-state index is 13.4. The lowest BCUT2D eigenvalue weighted by atomic mass is 10.2. The molecule has 0 bridgehead atoms. The molecule has 2 heterocycles. The van der Waals surface area contributed by atoms with E-state index in [-0.39, 0.29) is 44.3 Å². The molecule has 0 radical (unpaired) electrons. The molecule has 0 fully saturated rings. The summed E-state index contributed by atoms with van der Waals surface area (Å²) in [5, 5.41) is 4.73. The van der Waals surface area contributed by atoms with Crippen LogP contribution in [0.15, 0.2) is 59.9 Å². The van der Waals surface area contributed by atoms with Crippen molar-refractivity contribution >= 4 is 58.1 Å². The molecule has 0 aliphatic carbocycles. The summed E-state index contributed by atoms with van der Waals surface area (Å²) in [6, 6.07) is 12.5. The second-order valence-electron chi connectivity index (χ2n) is 6.84. The van der Waals surface area contributed by atoms with Crippen LogP contribution in [0.25, 0.3) is 16.9 Å². The first-order valence-corrected chi connectivity index (χ1v) is 10.8. The number of aromatic nitrogens is 2. The molecule has 0 aliphatic rings. The fraction of sp³-hybridized carbons (Fsp3) is 0.0909. The van der Waals surface area contributed by atoms with Gasteiger partial charge < -0.3 is 4.84 Å². The third-order valence-corrected chi connectivity index (χ3v) is 5.79. The largest absolute Gasteiger partial charge is 0.417 e. The van der Waals surface area contributed by atoms with E-state index >= 15 is 0 Å². The van der Waals surface area contributed by atoms with Gasteiger partial charge in [0.25, 0.3) is 0 Å². The number of fused-ring (bicyclic) bond motifs is 1. The molecule has 170 valence electrons. The molecule has 0 atom stereocenters. The molecule has 4 aromatic rings. The summed E-state index contributed by atoms with van der Waals surface area (Å²) < 4.78 is 41.5. The van der Waals surface area contributed by atoms with Crippen molar-refractivity contribution in [2.75, 3.05) is 0 Å². The van der Waals surface area contributed by atoms with Gasteiger partial charge >= 0.3 is 6.18 Å². The van der Waals surface area contributed by atoms with E-state index in [1.54, 1.807) is 42.5 Å². The Bertz CT molecular complexity index is 1330. The number of imidazole rings is 1. The quantitative estimate of drug-likeness (QED) is 0.192. The van der Waals surface area contributed by atoms with Crippen molar-refractivity contribution in [3.05, 3.63) is 91.6 Å². The second-order valence-corrected chi connectivity index (χ2v) is 8.50. The molecule has 0 spiro atoms. The highest BCUT2D eigenvalue weighted by Gasteiger charge is 2.33. The number of benzene rings is 2. The predicted octanol–water partition coefficient (Wildman–Crippen LogP) is 8.18. The summed E-state index contributed by atoms with van der Waals surface area (Å²) in [7, 11) is 0. The number of pyridine rings is 1. The van der Waals surface area contributed by atoms with E-state index in [1.807, 2.05) is 0 Å². The van der Waals surface area contributed by atoms with Gasteiger partial charge in [0.15, 0.2) is 0 Å². The van der Waals surface area contributed by atoms with Crippen molar-refractivity contribution < 1.29 is 18.0 Å². The lowest BCUT2D eigenvalue weighted by molar-refractivity contribution is -0.137. The highest BCUT2D eigenvalue weighted by atomic mass is 35.5. The van der Waals surface area contributed by atoms with Crippen LogP contribution in [0.5, 0.6) is 0 Å². The first-order valence-electron chi connectivity index (χ1n) is 9.28. The normalized spacial score (nSPS) is 12.1. The van der Waals surface area contributed by atoms with Gasteiger partial charge in [-0.15, -0.1) is 0 Å². The number of nitrogens with zero attached hydrogens (tertiary/aromatic N) is 3. The molecule has 2 aromatic carbocycles. The van der Waals surface area contributed by atoms with E-state index < -0.39 is 11.7 Å². The standard InChI is InChI=1S/C22H12Cl4F3N3O/c23-14-6-4-12(5-7-14)11-33-30-9-18-20-17(26)8-13(22(27,28)29)10-32(20)21(31-18)19-15(24)2-1-3-16(19)25/h1-10H,11H2/b30-9+. The van der Waals surface area contributed by atoms with Crippen LogP contribution in [0.4, 0.5) is 13.2 Å². The van der Waals surface area contributed by atoms with Gasteiger partial charge in [-0.3, -0.25) is 4.40 Å². The molecule has 2 aromatic heterocycles. The highest BCUT2D eigenvalue weighted by Crippen LogP contribution is 2.38. The Balaban J connectivity index is 1.79. The number of halogens is 7. The molecule has 0 aliphatic heterocycles.